The highest BCUT2D eigenvalue weighted by molar-refractivity contribution is 5.14. The summed E-state index contributed by atoms with van der Waals surface area (Å²) in [6.07, 6.45) is 8.11. The highest BCUT2D eigenvalue weighted by Gasteiger charge is 2.14. The molecule has 0 amide bonds. The van der Waals surface area contributed by atoms with E-state index in [2.05, 4.69) is 42.2 Å². The molecular weight excluding hydrogens is 224 g/mol. The van der Waals surface area contributed by atoms with Crippen LogP contribution in [0.4, 0.5) is 0 Å². The Kier molecular flexibility index (Phi) is 5.26. The summed E-state index contributed by atoms with van der Waals surface area (Å²) in [5, 5.41) is 3.53. The van der Waals surface area contributed by atoms with Crippen LogP contribution < -0.4 is 5.32 Å². The normalized spacial score (nSPS) is 19.0. The van der Waals surface area contributed by atoms with Gasteiger partial charge in [0.2, 0.25) is 0 Å². The molecule has 0 bridgehead atoms. The van der Waals surface area contributed by atoms with Crippen LogP contribution in [-0.4, -0.2) is 24.3 Å². The van der Waals surface area contributed by atoms with E-state index in [1.54, 1.807) is 0 Å². The van der Waals surface area contributed by atoms with Gasteiger partial charge < -0.3 is 14.6 Å². The van der Waals surface area contributed by atoms with Gasteiger partial charge in [-0.1, -0.05) is 6.92 Å². The lowest BCUT2D eigenvalue weighted by Gasteiger charge is -2.22. The Balaban J connectivity index is 1.84. The number of ether oxygens (including phenoxy) is 1. The molecule has 1 aliphatic heterocycles. The second-order valence-corrected chi connectivity index (χ2v) is 5.37. The number of aromatic nitrogens is 1. The first-order chi connectivity index (χ1) is 8.79. The van der Waals surface area contributed by atoms with Gasteiger partial charge in [0, 0.05) is 38.2 Å². The van der Waals surface area contributed by atoms with Gasteiger partial charge in [0.25, 0.3) is 0 Å². The van der Waals surface area contributed by atoms with Crippen molar-refractivity contribution in [1.29, 1.82) is 0 Å². The standard InChI is InChI=1S/C15H26N2O/c1-3-7-16-13(2)15-4-8-17(12-15)11-14-5-9-18-10-6-14/h4,8,12-14,16H,3,5-7,9-11H2,1-2H3. The Bertz CT molecular complexity index is 342. The Morgan fingerprint density at radius 3 is 2.94 bits per heavy atom. The van der Waals surface area contributed by atoms with Gasteiger partial charge in [0.15, 0.2) is 0 Å². The van der Waals surface area contributed by atoms with Crippen molar-refractivity contribution in [2.24, 2.45) is 5.92 Å². The number of hydrogen-bond acceptors (Lipinski definition) is 2. The Hall–Kier alpha value is -0.800. The van der Waals surface area contributed by atoms with Crippen molar-refractivity contribution in [3.05, 3.63) is 24.0 Å². The van der Waals surface area contributed by atoms with Gasteiger partial charge in [0.1, 0.15) is 0 Å². The quantitative estimate of drug-likeness (QED) is 0.840. The summed E-state index contributed by atoms with van der Waals surface area (Å²) in [5.41, 5.74) is 1.40. The fraction of sp³-hybridized carbons (Fsp3) is 0.733. The molecule has 1 aliphatic rings. The summed E-state index contributed by atoms with van der Waals surface area (Å²) in [6, 6.07) is 2.70. The van der Waals surface area contributed by atoms with E-state index in [-0.39, 0.29) is 0 Å². The van der Waals surface area contributed by atoms with Crippen LogP contribution in [0.25, 0.3) is 0 Å². The molecule has 1 aromatic rings. The molecule has 0 radical (unpaired) electrons. The average molecular weight is 250 g/mol. The molecule has 0 aromatic carbocycles. The number of nitrogens with zero attached hydrogens (tertiary/aromatic N) is 1. The monoisotopic (exact) mass is 250 g/mol. The topological polar surface area (TPSA) is 26.2 Å². The molecular formula is C15H26N2O. The van der Waals surface area contributed by atoms with Gasteiger partial charge in [-0.15, -0.1) is 0 Å². The Morgan fingerprint density at radius 1 is 1.44 bits per heavy atom. The molecule has 1 aromatic heterocycles. The van der Waals surface area contributed by atoms with Crippen molar-refractivity contribution in [3.63, 3.8) is 0 Å². The van der Waals surface area contributed by atoms with E-state index in [9.17, 15) is 0 Å². The summed E-state index contributed by atoms with van der Waals surface area (Å²) in [4.78, 5) is 0. The van der Waals surface area contributed by atoms with Gasteiger partial charge in [-0.2, -0.15) is 0 Å². The third kappa shape index (κ3) is 3.85. The van der Waals surface area contributed by atoms with Crippen molar-refractivity contribution < 1.29 is 4.74 Å². The molecule has 1 unspecified atom stereocenters. The van der Waals surface area contributed by atoms with Crippen molar-refractivity contribution >= 4 is 0 Å². The van der Waals surface area contributed by atoms with Crippen LogP contribution in [0, 0.1) is 5.92 Å². The molecule has 18 heavy (non-hydrogen) atoms. The van der Waals surface area contributed by atoms with E-state index >= 15 is 0 Å². The Labute approximate surface area is 111 Å². The fourth-order valence-electron chi connectivity index (χ4n) is 2.53. The first-order valence-electron chi connectivity index (χ1n) is 7.26. The van der Waals surface area contributed by atoms with Gasteiger partial charge in [0.05, 0.1) is 0 Å². The molecule has 102 valence electrons. The minimum absolute atomic E-state index is 0.459. The molecule has 0 aliphatic carbocycles. The Morgan fingerprint density at radius 2 is 2.22 bits per heavy atom. The first kappa shape index (κ1) is 13.6. The van der Waals surface area contributed by atoms with Gasteiger partial charge >= 0.3 is 0 Å². The zero-order valence-electron chi connectivity index (χ0n) is 11.7. The zero-order chi connectivity index (χ0) is 12.8. The van der Waals surface area contributed by atoms with Crippen LogP contribution in [0.3, 0.4) is 0 Å². The van der Waals surface area contributed by atoms with Crippen molar-refractivity contribution in [1.82, 2.24) is 9.88 Å². The third-order valence-corrected chi connectivity index (χ3v) is 3.78. The van der Waals surface area contributed by atoms with Crippen LogP contribution in [0.15, 0.2) is 18.5 Å². The van der Waals surface area contributed by atoms with Crippen LogP contribution >= 0.6 is 0 Å². The first-order valence-corrected chi connectivity index (χ1v) is 7.26. The number of rotatable bonds is 6. The van der Waals surface area contributed by atoms with Crippen molar-refractivity contribution in [2.45, 2.75) is 45.7 Å². The predicted octanol–water partition coefficient (Wildman–Crippen LogP) is 2.98. The summed E-state index contributed by atoms with van der Waals surface area (Å²) >= 11 is 0. The molecule has 1 atom stereocenters. The van der Waals surface area contributed by atoms with E-state index < -0.39 is 0 Å². The zero-order valence-corrected chi connectivity index (χ0v) is 11.7. The number of hydrogen-bond donors (Lipinski definition) is 1. The van der Waals surface area contributed by atoms with Gasteiger partial charge in [-0.3, -0.25) is 0 Å². The molecule has 0 spiro atoms. The maximum atomic E-state index is 5.41. The van der Waals surface area contributed by atoms with E-state index in [1.807, 2.05) is 0 Å². The maximum absolute atomic E-state index is 5.41. The number of nitrogens with one attached hydrogen (secondary N) is 1. The van der Waals surface area contributed by atoms with Crippen molar-refractivity contribution in [3.8, 4) is 0 Å². The summed E-state index contributed by atoms with van der Waals surface area (Å²) in [5.74, 6) is 0.790. The third-order valence-electron chi connectivity index (χ3n) is 3.78. The fourth-order valence-corrected chi connectivity index (χ4v) is 2.53. The molecule has 0 saturated carbocycles. The largest absolute Gasteiger partial charge is 0.381 e. The minimum Gasteiger partial charge on any atom is -0.381 e. The van der Waals surface area contributed by atoms with Crippen LogP contribution in [0.1, 0.15) is 44.7 Å². The molecule has 1 N–H and O–H groups in total. The lowest BCUT2D eigenvalue weighted by molar-refractivity contribution is 0.0613. The van der Waals surface area contributed by atoms with E-state index in [4.69, 9.17) is 4.74 Å². The molecule has 1 saturated heterocycles. The lowest BCUT2D eigenvalue weighted by atomic mass is 10.0. The smallest absolute Gasteiger partial charge is 0.0469 e. The van der Waals surface area contributed by atoms with Crippen LogP contribution in [0.2, 0.25) is 0 Å². The van der Waals surface area contributed by atoms with Crippen LogP contribution in [-0.2, 0) is 11.3 Å². The molecule has 3 heteroatoms. The molecule has 2 heterocycles. The highest BCUT2D eigenvalue weighted by Crippen LogP contribution is 2.19. The van der Waals surface area contributed by atoms with Gasteiger partial charge in [-0.05, 0) is 50.3 Å². The van der Waals surface area contributed by atoms with E-state index in [0.717, 1.165) is 32.2 Å². The highest BCUT2D eigenvalue weighted by atomic mass is 16.5. The van der Waals surface area contributed by atoms with Crippen molar-refractivity contribution in [2.75, 3.05) is 19.8 Å². The summed E-state index contributed by atoms with van der Waals surface area (Å²) < 4.78 is 7.75. The minimum atomic E-state index is 0.459. The summed E-state index contributed by atoms with van der Waals surface area (Å²) in [7, 11) is 0. The molecule has 2 rings (SSSR count). The average Bonchev–Trinajstić information content (AvgIpc) is 2.86. The van der Waals surface area contributed by atoms with Gasteiger partial charge in [-0.25, -0.2) is 0 Å². The molecule has 1 fully saturated rings. The maximum Gasteiger partial charge on any atom is 0.0469 e. The van der Waals surface area contributed by atoms with Crippen LogP contribution in [0.5, 0.6) is 0 Å². The summed E-state index contributed by atoms with van der Waals surface area (Å²) in [6.45, 7) is 8.55. The predicted molar refractivity (Wildman–Crippen MR) is 74.7 cm³/mol. The SMILES string of the molecule is CCCNC(C)c1ccn(CC2CCOCC2)c1. The van der Waals surface area contributed by atoms with E-state index in [0.29, 0.717) is 6.04 Å². The second-order valence-electron chi connectivity index (χ2n) is 5.37. The lowest BCUT2D eigenvalue weighted by Crippen LogP contribution is -2.20. The van der Waals surface area contributed by atoms with E-state index in [1.165, 1.54) is 24.8 Å². The molecule has 3 nitrogen and oxygen atoms in total. The second kappa shape index (κ2) is 6.95.